The van der Waals surface area contributed by atoms with Crippen molar-refractivity contribution in [3.05, 3.63) is 40.9 Å². The van der Waals surface area contributed by atoms with E-state index in [1.54, 1.807) is 31.5 Å². The van der Waals surface area contributed by atoms with Crippen molar-refractivity contribution in [2.45, 2.75) is 25.6 Å². The van der Waals surface area contributed by atoms with Crippen molar-refractivity contribution in [3.8, 4) is 11.5 Å². The molecule has 0 aliphatic carbocycles. The molecule has 11 heteroatoms. The number of aromatic amines is 1. The molecule has 0 spiro atoms. The van der Waals surface area contributed by atoms with Gasteiger partial charge in [0.05, 0.1) is 25.1 Å². The molecule has 0 unspecified atom stereocenters. The lowest BCUT2D eigenvalue weighted by molar-refractivity contribution is -0.140. The van der Waals surface area contributed by atoms with Gasteiger partial charge in [-0.25, -0.2) is 4.98 Å². The predicted molar refractivity (Wildman–Crippen MR) is 117 cm³/mol. The number of carbonyl (C=O) groups excluding carboxylic acids is 1. The molecule has 1 aromatic carbocycles. The topological polar surface area (TPSA) is 98.2 Å². The molecule has 1 atom stereocenters. The summed E-state index contributed by atoms with van der Waals surface area (Å²) in [6, 6.07) is 3.66. The van der Waals surface area contributed by atoms with Crippen LogP contribution in [0.25, 0.3) is 32.7 Å². The van der Waals surface area contributed by atoms with Gasteiger partial charge in [-0.05, 0) is 24.6 Å². The van der Waals surface area contributed by atoms with Crippen LogP contribution in [0.4, 0.5) is 13.2 Å². The number of alkyl halides is 3. The van der Waals surface area contributed by atoms with Crippen LogP contribution in [0.15, 0.2) is 35.4 Å². The molecule has 0 saturated carbocycles. The summed E-state index contributed by atoms with van der Waals surface area (Å²) in [5, 5.41) is 3.74. The molecule has 4 rings (SSSR count). The maximum absolute atomic E-state index is 13.7. The number of halogens is 3. The van der Waals surface area contributed by atoms with Crippen LogP contribution in [0.1, 0.15) is 19.4 Å². The van der Waals surface area contributed by atoms with Crippen LogP contribution in [-0.4, -0.2) is 47.4 Å². The summed E-state index contributed by atoms with van der Waals surface area (Å²) in [5.41, 5.74) is 0.321. The van der Waals surface area contributed by atoms with Crippen LogP contribution >= 0.6 is 0 Å². The Hall–Kier alpha value is -3.76. The molecule has 2 N–H and O–H groups in total. The van der Waals surface area contributed by atoms with Crippen molar-refractivity contribution in [3.63, 3.8) is 0 Å². The number of ether oxygens (including phenoxy) is 2. The zero-order valence-corrected chi connectivity index (χ0v) is 18.0. The minimum Gasteiger partial charge on any atom is -0.493 e. The number of hydrogen-bond donors (Lipinski definition) is 2. The van der Waals surface area contributed by atoms with Gasteiger partial charge in [-0.15, -0.1) is 0 Å². The van der Waals surface area contributed by atoms with Gasteiger partial charge >= 0.3 is 6.18 Å². The SMILES string of the molecule is CC[C@H](C(=O)NCC(F)(F)F)n1c(=O)c2cc(OC)c(OC)cc2c2cnc3[nH]ccc3c21. The summed E-state index contributed by atoms with van der Waals surface area (Å²) >= 11 is 0. The lowest BCUT2D eigenvalue weighted by Crippen LogP contribution is -2.41. The summed E-state index contributed by atoms with van der Waals surface area (Å²) in [4.78, 5) is 33.9. The van der Waals surface area contributed by atoms with Gasteiger partial charge in [-0.2, -0.15) is 13.2 Å². The van der Waals surface area contributed by atoms with Crippen molar-refractivity contribution < 1.29 is 27.4 Å². The Kier molecular flexibility index (Phi) is 5.64. The van der Waals surface area contributed by atoms with E-state index in [4.69, 9.17) is 9.47 Å². The average Bonchev–Trinajstić information content (AvgIpc) is 3.27. The fourth-order valence-electron chi connectivity index (χ4n) is 4.05. The fourth-order valence-corrected chi connectivity index (χ4v) is 4.05. The van der Waals surface area contributed by atoms with E-state index in [1.165, 1.54) is 24.9 Å². The predicted octanol–water partition coefficient (Wildman–Crippen LogP) is 3.68. The number of benzene rings is 1. The molecule has 0 fully saturated rings. The van der Waals surface area contributed by atoms with Gasteiger partial charge in [0.1, 0.15) is 18.2 Å². The first-order valence-corrected chi connectivity index (χ1v) is 10.1. The number of carbonyl (C=O) groups is 1. The highest BCUT2D eigenvalue weighted by atomic mass is 19.4. The zero-order chi connectivity index (χ0) is 23.9. The quantitative estimate of drug-likeness (QED) is 0.426. The Morgan fingerprint density at radius 3 is 2.42 bits per heavy atom. The number of nitrogens with zero attached hydrogens (tertiary/aromatic N) is 2. The van der Waals surface area contributed by atoms with Crippen molar-refractivity contribution in [1.29, 1.82) is 0 Å². The van der Waals surface area contributed by atoms with E-state index in [1.807, 2.05) is 5.32 Å². The van der Waals surface area contributed by atoms with Crippen LogP contribution < -0.4 is 20.3 Å². The Morgan fingerprint density at radius 1 is 1.15 bits per heavy atom. The minimum absolute atomic E-state index is 0.0890. The Labute approximate surface area is 185 Å². The first-order valence-electron chi connectivity index (χ1n) is 10.1. The second kappa shape index (κ2) is 8.30. The van der Waals surface area contributed by atoms with E-state index in [0.717, 1.165) is 0 Å². The molecule has 3 heterocycles. The normalized spacial score (nSPS) is 12.9. The van der Waals surface area contributed by atoms with Crippen molar-refractivity contribution >= 4 is 38.6 Å². The molecule has 8 nitrogen and oxygen atoms in total. The number of aromatic nitrogens is 3. The molecule has 4 aromatic rings. The van der Waals surface area contributed by atoms with Crippen molar-refractivity contribution in [2.75, 3.05) is 20.8 Å². The number of fused-ring (bicyclic) bond motifs is 5. The summed E-state index contributed by atoms with van der Waals surface area (Å²) in [6.07, 6.45) is -1.30. The molecular formula is C22H21F3N4O4. The Bertz CT molecular complexity index is 1420. The van der Waals surface area contributed by atoms with Crippen molar-refractivity contribution in [1.82, 2.24) is 19.9 Å². The summed E-state index contributed by atoms with van der Waals surface area (Å²) in [6.45, 7) is 0.138. The maximum Gasteiger partial charge on any atom is 0.405 e. The van der Waals surface area contributed by atoms with E-state index in [0.29, 0.717) is 38.8 Å². The number of amides is 1. The third-order valence-corrected chi connectivity index (χ3v) is 5.53. The first-order chi connectivity index (χ1) is 15.7. The third-order valence-electron chi connectivity index (χ3n) is 5.53. The molecule has 0 saturated heterocycles. The highest BCUT2D eigenvalue weighted by molar-refractivity contribution is 6.14. The highest BCUT2D eigenvalue weighted by Gasteiger charge is 2.31. The molecule has 0 aliphatic rings. The van der Waals surface area contributed by atoms with E-state index in [2.05, 4.69) is 9.97 Å². The number of H-pyrrole nitrogens is 1. The van der Waals surface area contributed by atoms with E-state index in [9.17, 15) is 22.8 Å². The van der Waals surface area contributed by atoms with Crippen LogP contribution in [0.5, 0.6) is 11.5 Å². The van der Waals surface area contributed by atoms with Crippen LogP contribution in [-0.2, 0) is 4.79 Å². The third kappa shape index (κ3) is 3.83. The van der Waals surface area contributed by atoms with E-state index >= 15 is 0 Å². The molecule has 0 bridgehead atoms. The zero-order valence-electron chi connectivity index (χ0n) is 18.0. The Balaban J connectivity index is 2.08. The smallest absolute Gasteiger partial charge is 0.405 e. The standard InChI is InChI=1S/C22H21F3N4O4/c1-4-15(20(30)28-10-22(23,24)25)29-18-11-5-6-26-19(11)27-9-14(18)12-7-16(32-2)17(33-3)8-13(12)21(29)31/h5-9,15H,4,10H2,1-3H3,(H,26,27)(H,28,30)/t15-/m1/s1. The minimum atomic E-state index is -4.58. The summed E-state index contributed by atoms with van der Waals surface area (Å²) < 4.78 is 50.1. The molecule has 33 heavy (non-hydrogen) atoms. The van der Waals surface area contributed by atoms with Crippen LogP contribution in [0, 0.1) is 0 Å². The molecule has 0 radical (unpaired) electrons. The number of rotatable bonds is 6. The molecule has 1 amide bonds. The average molecular weight is 462 g/mol. The molecular weight excluding hydrogens is 441 g/mol. The molecule has 174 valence electrons. The maximum atomic E-state index is 13.7. The van der Waals surface area contributed by atoms with E-state index < -0.39 is 30.2 Å². The largest absolute Gasteiger partial charge is 0.493 e. The lowest BCUT2D eigenvalue weighted by atomic mass is 10.0. The van der Waals surface area contributed by atoms with Gasteiger partial charge in [-0.1, -0.05) is 6.92 Å². The first kappa shape index (κ1) is 22.4. The number of pyridine rings is 2. The highest BCUT2D eigenvalue weighted by Crippen LogP contribution is 2.36. The number of hydrogen-bond acceptors (Lipinski definition) is 5. The van der Waals surface area contributed by atoms with Gasteiger partial charge in [0.2, 0.25) is 5.91 Å². The van der Waals surface area contributed by atoms with Crippen LogP contribution in [0.2, 0.25) is 0 Å². The van der Waals surface area contributed by atoms with E-state index in [-0.39, 0.29) is 11.8 Å². The van der Waals surface area contributed by atoms with Gasteiger partial charge in [-0.3, -0.25) is 14.2 Å². The summed E-state index contributed by atoms with van der Waals surface area (Å²) in [7, 11) is 2.89. The van der Waals surface area contributed by atoms with Crippen LogP contribution in [0.3, 0.4) is 0 Å². The van der Waals surface area contributed by atoms with Gasteiger partial charge in [0.25, 0.3) is 5.56 Å². The fraction of sp³-hybridized carbons (Fsp3) is 0.318. The lowest BCUT2D eigenvalue weighted by Gasteiger charge is -2.22. The Morgan fingerprint density at radius 2 is 1.82 bits per heavy atom. The van der Waals surface area contributed by atoms with Gasteiger partial charge < -0.3 is 19.8 Å². The second-order valence-corrected chi connectivity index (χ2v) is 7.45. The monoisotopic (exact) mass is 462 g/mol. The number of nitrogens with one attached hydrogen (secondary N) is 2. The van der Waals surface area contributed by atoms with Gasteiger partial charge in [0.15, 0.2) is 11.5 Å². The second-order valence-electron chi connectivity index (χ2n) is 7.45. The molecule has 3 aromatic heterocycles. The van der Waals surface area contributed by atoms with Crippen molar-refractivity contribution in [2.24, 2.45) is 0 Å². The number of methoxy groups -OCH3 is 2. The van der Waals surface area contributed by atoms with Gasteiger partial charge in [0, 0.05) is 28.6 Å². The molecule has 0 aliphatic heterocycles. The summed E-state index contributed by atoms with van der Waals surface area (Å²) in [5.74, 6) is -0.204.